The molecule has 0 saturated carbocycles. The molecule has 2 aliphatic heterocycles. The van der Waals surface area contributed by atoms with Gasteiger partial charge in [-0.2, -0.15) is 0 Å². The van der Waals surface area contributed by atoms with E-state index in [4.69, 9.17) is 0 Å². The summed E-state index contributed by atoms with van der Waals surface area (Å²) in [7, 11) is 0. The minimum absolute atomic E-state index is 0.0539. The summed E-state index contributed by atoms with van der Waals surface area (Å²) in [6.07, 6.45) is 8.26. The lowest BCUT2D eigenvalue weighted by atomic mass is 9.96. The van der Waals surface area contributed by atoms with Crippen molar-refractivity contribution in [3.63, 3.8) is 0 Å². The molecule has 2 unspecified atom stereocenters. The van der Waals surface area contributed by atoms with Crippen LogP contribution in [0.25, 0.3) is 0 Å². The zero-order valence-corrected chi connectivity index (χ0v) is 15.6. The molecule has 3 heterocycles. The number of anilines is 2. The van der Waals surface area contributed by atoms with Crippen molar-refractivity contribution >= 4 is 17.5 Å². The second-order valence-electron chi connectivity index (χ2n) is 7.41. The van der Waals surface area contributed by atoms with Gasteiger partial charge in [0.15, 0.2) is 0 Å². The van der Waals surface area contributed by atoms with Gasteiger partial charge in [-0.3, -0.25) is 4.79 Å². The van der Waals surface area contributed by atoms with Crippen LogP contribution in [0.1, 0.15) is 52.4 Å². The zero-order chi connectivity index (χ0) is 17.6. The third kappa shape index (κ3) is 4.61. The Hall–Kier alpha value is -1.85. The molecule has 0 aliphatic carbocycles. The molecule has 6 nitrogen and oxygen atoms in total. The average Bonchev–Trinajstić information content (AvgIpc) is 3.17. The highest BCUT2D eigenvalue weighted by atomic mass is 16.2. The van der Waals surface area contributed by atoms with Gasteiger partial charge in [0.1, 0.15) is 18.0 Å². The smallest absolute Gasteiger partial charge is 0.225 e. The molecule has 25 heavy (non-hydrogen) atoms. The van der Waals surface area contributed by atoms with Crippen LogP contribution in [-0.2, 0) is 4.79 Å². The maximum atomic E-state index is 12.6. The molecule has 0 spiro atoms. The Bertz CT molecular complexity index is 573. The van der Waals surface area contributed by atoms with E-state index in [-0.39, 0.29) is 17.9 Å². The van der Waals surface area contributed by atoms with Gasteiger partial charge in [0, 0.05) is 38.3 Å². The minimum Gasteiger partial charge on any atom is -0.356 e. The Balaban J connectivity index is 1.63. The summed E-state index contributed by atoms with van der Waals surface area (Å²) in [5, 5.41) is 3.17. The van der Waals surface area contributed by atoms with Crippen molar-refractivity contribution in [2.24, 2.45) is 5.92 Å². The summed E-state index contributed by atoms with van der Waals surface area (Å²) in [5.41, 5.74) is 0. The topological polar surface area (TPSA) is 61.4 Å². The second kappa shape index (κ2) is 8.50. The first-order valence-corrected chi connectivity index (χ1v) is 9.79. The van der Waals surface area contributed by atoms with Crippen LogP contribution in [0, 0.1) is 5.92 Å². The first kappa shape index (κ1) is 18.0. The van der Waals surface area contributed by atoms with Crippen molar-refractivity contribution in [2.75, 3.05) is 36.0 Å². The predicted octanol–water partition coefficient (Wildman–Crippen LogP) is 2.60. The molecule has 2 aliphatic rings. The van der Waals surface area contributed by atoms with Crippen molar-refractivity contribution < 1.29 is 4.79 Å². The van der Waals surface area contributed by atoms with Crippen molar-refractivity contribution in [2.45, 2.75) is 58.4 Å². The van der Waals surface area contributed by atoms with E-state index in [9.17, 15) is 4.79 Å². The van der Waals surface area contributed by atoms with Crippen LogP contribution in [0.5, 0.6) is 0 Å². The van der Waals surface area contributed by atoms with Gasteiger partial charge in [-0.25, -0.2) is 9.97 Å². The molecular weight excluding hydrogens is 314 g/mol. The third-order valence-electron chi connectivity index (χ3n) is 5.29. The lowest BCUT2D eigenvalue weighted by Crippen LogP contribution is -2.45. The Kier molecular flexibility index (Phi) is 6.10. The quantitative estimate of drug-likeness (QED) is 0.859. The van der Waals surface area contributed by atoms with Crippen molar-refractivity contribution in [3.8, 4) is 0 Å². The number of nitrogens with zero attached hydrogens (tertiary/aromatic N) is 4. The lowest BCUT2D eigenvalue weighted by molar-refractivity contribution is -0.125. The number of rotatable bonds is 6. The fourth-order valence-corrected chi connectivity index (χ4v) is 3.89. The number of hydrogen-bond acceptors (Lipinski definition) is 5. The largest absolute Gasteiger partial charge is 0.356 e. The number of piperidine rings is 1. The standard InChI is InChI=1S/C19H31N5O/c1-3-7-15(2)22-19(25)16-8-6-11-24(13-16)18-12-17(20-14-21-18)23-9-4-5-10-23/h12,14-16H,3-11,13H2,1-2H3,(H,22,25). The van der Waals surface area contributed by atoms with Gasteiger partial charge in [0.25, 0.3) is 0 Å². The Labute approximate surface area is 151 Å². The fraction of sp³-hybridized carbons (Fsp3) is 0.737. The van der Waals surface area contributed by atoms with Gasteiger partial charge in [0.2, 0.25) is 5.91 Å². The van der Waals surface area contributed by atoms with Gasteiger partial charge in [-0.1, -0.05) is 13.3 Å². The molecule has 0 radical (unpaired) electrons. The van der Waals surface area contributed by atoms with Gasteiger partial charge < -0.3 is 15.1 Å². The van der Waals surface area contributed by atoms with E-state index in [1.807, 2.05) is 0 Å². The van der Waals surface area contributed by atoms with Gasteiger partial charge in [0.05, 0.1) is 5.92 Å². The highest BCUT2D eigenvalue weighted by molar-refractivity contribution is 5.79. The van der Waals surface area contributed by atoms with E-state index in [1.165, 1.54) is 12.8 Å². The molecule has 2 saturated heterocycles. The van der Waals surface area contributed by atoms with E-state index in [0.717, 1.165) is 63.5 Å². The average molecular weight is 345 g/mol. The number of amides is 1. The number of hydrogen-bond donors (Lipinski definition) is 1. The second-order valence-corrected chi connectivity index (χ2v) is 7.41. The van der Waals surface area contributed by atoms with Crippen LogP contribution < -0.4 is 15.1 Å². The molecule has 3 rings (SSSR count). The summed E-state index contributed by atoms with van der Waals surface area (Å²) in [5.74, 6) is 2.22. The predicted molar refractivity (Wildman–Crippen MR) is 101 cm³/mol. The highest BCUT2D eigenvalue weighted by Crippen LogP contribution is 2.25. The summed E-state index contributed by atoms with van der Waals surface area (Å²) >= 11 is 0. The monoisotopic (exact) mass is 345 g/mol. The molecule has 0 aromatic carbocycles. The summed E-state index contributed by atoms with van der Waals surface area (Å²) < 4.78 is 0. The molecule has 1 amide bonds. The summed E-state index contributed by atoms with van der Waals surface area (Å²) in [6, 6.07) is 2.35. The molecule has 1 N–H and O–H groups in total. The first-order chi connectivity index (χ1) is 12.2. The van der Waals surface area contributed by atoms with E-state index >= 15 is 0 Å². The van der Waals surface area contributed by atoms with Crippen LogP contribution in [0.3, 0.4) is 0 Å². The number of carbonyl (C=O) groups is 1. The Morgan fingerprint density at radius 1 is 1.20 bits per heavy atom. The van der Waals surface area contributed by atoms with Crippen LogP contribution in [0.15, 0.2) is 12.4 Å². The zero-order valence-electron chi connectivity index (χ0n) is 15.6. The van der Waals surface area contributed by atoms with Crippen molar-refractivity contribution in [1.82, 2.24) is 15.3 Å². The highest BCUT2D eigenvalue weighted by Gasteiger charge is 2.27. The van der Waals surface area contributed by atoms with Crippen molar-refractivity contribution in [3.05, 3.63) is 12.4 Å². The van der Waals surface area contributed by atoms with Gasteiger partial charge >= 0.3 is 0 Å². The van der Waals surface area contributed by atoms with Crippen LogP contribution in [0.4, 0.5) is 11.6 Å². The van der Waals surface area contributed by atoms with Crippen LogP contribution in [-0.4, -0.2) is 48.1 Å². The van der Waals surface area contributed by atoms with Gasteiger partial charge in [-0.15, -0.1) is 0 Å². The van der Waals surface area contributed by atoms with E-state index in [0.29, 0.717) is 0 Å². The molecule has 6 heteroatoms. The third-order valence-corrected chi connectivity index (χ3v) is 5.29. The number of nitrogens with one attached hydrogen (secondary N) is 1. The molecule has 1 aromatic heterocycles. The summed E-state index contributed by atoms with van der Waals surface area (Å²) in [4.78, 5) is 26.0. The van der Waals surface area contributed by atoms with Crippen molar-refractivity contribution in [1.29, 1.82) is 0 Å². The van der Waals surface area contributed by atoms with Gasteiger partial charge in [-0.05, 0) is 39.0 Å². The van der Waals surface area contributed by atoms with Crippen LogP contribution >= 0.6 is 0 Å². The maximum Gasteiger partial charge on any atom is 0.225 e. The number of carbonyl (C=O) groups excluding carboxylic acids is 1. The fourth-order valence-electron chi connectivity index (χ4n) is 3.89. The Morgan fingerprint density at radius 3 is 2.60 bits per heavy atom. The molecular formula is C19H31N5O. The molecule has 2 atom stereocenters. The minimum atomic E-state index is 0.0539. The lowest BCUT2D eigenvalue weighted by Gasteiger charge is -2.33. The maximum absolute atomic E-state index is 12.6. The van der Waals surface area contributed by atoms with Crippen LogP contribution in [0.2, 0.25) is 0 Å². The van der Waals surface area contributed by atoms with E-state index in [1.54, 1.807) is 6.33 Å². The Morgan fingerprint density at radius 2 is 1.88 bits per heavy atom. The SMILES string of the molecule is CCCC(C)NC(=O)C1CCCN(c2cc(N3CCCC3)ncn2)C1. The molecule has 138 valence electrons. The van der Waals surface area contributed by atoms with E-state index < -0.39 is 0 Å². The van der Waals surface area contributed by atoms with E-state index in [2.05, 4.69) is 45.0 Å². The first-order valence-electron chi connectivity index (χ1n) is 9.79. The molecule has 1 aromatic rings. The molecule has 2 fully saturated rings. The normalized spacial score (nSPS) is 22.1. The number of aromatic nitrogens is 2. The molecule has 0 bridgehead atoms. The summed E-state index contributed by atoms with van der Waals surface area (Å²) in [6.45, 7) is 8.12.